The van der Waals surface area contributed by atoms with Crippen LogP contribution in [-0.4, -0.2) is 119 Å². The largest absolute Gasteiger partial charge is 0.465 e. The number of esters is 4. The number of ether oxygens (including phenoxy) is 4. The van der Waals surface area contributed by atoms with E-state index >= 15 is 0 Å². The van der Waals surface area contributed by atoms with E-state index in [9.17, 15) is 39.0 Å². The summed E-state index contributed by atoms with van der Waals surface area (Å²) in [7, 11) is 0. The number of hydrogen-bond donors (Lipinski definition) is 2. The molecule has 1 amide bonds. The van der Waals surface area contributed by atoms with Gasteiger partial charge in [0.25, 0.3) is 0 Å². The third-order valence-electron chi connectivity index (χ3n) is 11.9. The number of rotatable bonds is 28. The molecule has 1 heterocycles. The van der Waals surface area contributed by atoms with E-state index in [0.717, 1.165) is 83.7 Å². The Hall–Kier alpha value is -5.48. The van der Waals surface area contributed by atoms with Gasteiger partial charge in [-0.3, -0.25) is 28.8 Å². The Bertz CT molecular complexity index is 2140. The van der Waals surface area contributed by atoms with Gasteiger partial charge in [-0.15, -0.1) is 0 Å². The second-order valence-electron chi connectivity index (χ2n) is 17.6. The van der Waals surface area contributed by atoms with Crippen molar-refractivity contribution < 1.29 is 57.9 Å². The zero-order valence-corrected chi connectivity index (χ0v) is 40.7. The van der Waals surface area contributed by atoms with E-state index in [0.29, 0.717) is 67.3 Å². The maximum atomic E-state index is 12.5. The molecule has 4 aromatic carbocycles. The van der Waals surface area contributed by atoms with Gasteiger partial charge in [0.2, 0.25) is 11.7 Å². The van der Waals surface area contributed by atoms with E-state index in [1.807, 2.05) is 77.7 Å². The van der Waals surface area contributed by atoms with Gasteiger partial charge in [0.05, 0.1) is 25.7 Å². The molecule has 1 unspecified atom stereocenters. The third-order valence-corrected chi connectivity index (χ3v) is 13.8. The van der Waals surface area contributed by atoms with Gasteiger partial charge in [-0.25, -0.2) is 0 Å². The molecule has 0 spiro atoms. The first-order chi connectivity index (χ1) is 33.4. The number of hydrogen-bond acceptors (Lipinski definition) is 14. The SMILES string of the molecule is O=C(Cc1ccc(Cc2ccc(CC(=O)OCC(O)(O)COC(=O)Cc3ccc(Cc4ccc(CC(=O)OCCSCCN5CCCC5=O)cc4)cc3)cc2)cc1)OCCSCCC1CCCC1=O. The summed E-state index contributed by atoms with van der Waals surface area (Å²) in [5.74, 6) is -0.503. The number of amides is 1. The van der Waals surface area contributed by atoms with Gasteiger partial charge < -0.3 is 34.1 Å². The van der Waals surface area contributed by atoms with Crippen LogP contribution in [0.25, 0.3) is 0 Å². The van der Waals surface area contributed by atoms with Crippen LogP contribution < -0.4 is 0 Å². The number of aliphatic hydroxyl groups is 2. The van der Waals surface area contributed by atoms with Crippen molar-refractivity contribution in [3.8, 4) is 0 Å². The van der Waals surface area contributed by atoms with Crippen LogP contribution in [0.5, 0.6) is 0 Å². The summed E-state index contributed by atoms with van der Waals surface area (Å²) in [6.07, 6.45) is 6.69. The summed E-state index contributed by atoms with van der Waals surface area (Å²) >= 11 is 3.38. The van der Waals surface area contributed by atoms with Crippen molar-refractivity contribution in [1.29, 1.82) is 0 Å². The summed E-state index contributed by atoms with van der Waals surface area (Å²) in [5.41, 5.74) is 7.21. The highest BCUT2D eigenvalue weighted by molar-refractivity contribution is 7.99. The first kappa shape index (κ1) is 52.9. The number of carbonyl (C=O) groups excluding carboxylic acids is 6. The summed E-state index contributed by atoms with van der Waals surface area (Å²) in [4.78, 5) is 75.1. The maximum absolute atomic E-state index is 12.5. The molecule has 2 fully saturated rings. The van der Waals surface area contributed by atoms with Crippen LogP contribution in [0.4, 0.5) is 0 Å². The minimum absolute atomic E-state index is 0.0925. The summed E-state index contributed by atoms with van der Waals surface area (Å²) < 4.78 is 21.0. The molecule has 2 N–H and O–H groups in total. The zero-order chi connectivity index (χ0) is 48.9. The quantitative estimate of drug-likeness (QED) is 0.0275. The molecule has 1 aliphatic heterocycles. The second-order valence-corrected chi connectivity index (χ2v) is 20.1. The molecule has 1 saturated carbocycles. The normalized spacial score (nSPS) is 14.8. The molecule has 1 saturated heterocycles. The fraction of sp³-hybridized carbons (Fsp3) is 0.444. The van der Waals surface area contributed by atoms with Crippen molar-refractivity contribution in [3.05, 3.63) is 142 Å². The minimum atomic E-state index is -2.57. The van der Waals surface area contributed by atoms with Gasteiger partial charge in [0, 0.05) is 49.1 Å². The zero-order valence-electron chi connectivity index (χ0n) is 39.1. The molecule has 13 nitrogen and oxygen atoms in total. The van der Waals surface area contributed by atoms with E-state index in [-0.39, 0.29) is 49.4 Å². The Morgan fingerprint density at radius 2 is 0.913 bits per heavy atom. The number of benzene rings is 4. The molecule has 1 aliphatic carbocycles. The first-order valence-electron chi connectivity index (χ1n) is 23.7. The highest BCUT2D eigenvalue weighted by Gasteiger charge is 2.28. The molecule has 368 valence electrons. The van der Waals surface area contributed by atoms with Crippen LogP contribution in [0.3, 0.4) is 0 Å². The minimum Gasteiger partial charge on any atom is -0.465 e. The Morgan fingerprint density at radius 3 is 1.29 bits per heavy atom. The Labute approximate surface area is 413 Å². The molecule has 6 rings (SSSR count). The fourth-order valence-corrected chi connectivity index (χ4v) is 9.65. The first-order valence-corrected chi connectivity index (χ1v) is 26.0. The lowest BCUT2D eigenvalue weighted by molar-refractivity contribution is -0.225. The number of likely N-dealkylation sites (tertiary alicyclic amines) is 1. The monoisotopic (exact) mass is 981 g/mol. The highest BCUT2D eigenvalue weighted by Crippen LogP contribution is 2.26. The van der Waals surface area contributed by atoms with Crippen LogP contribution in [0, 0.1) is 5.92 Å². The molecule has 0 bridgehead atoms. The van der Waals surface area contributed by atoms with Gasteiger partial charge in [-0.05, 0) is 88.8 Å². The van der Waals surface area contributed by atoms with Crippen molar-refractivity contribution in [3.63, 3.8) is 0 Å². The number of nitrogens with zero attached hydrogens (tertiary/aromatic N) is 1. The number of Topliss-reactive ketones (excluding diaryl/α,β-unsaturated/α-hetero) is 1. The summed E-state index contributed by atoms with van der Waals surface area (Å²) in [6, 6.07) is 30.3. The van der Waals surface area contributed by atoms with Crippen LogP contribution >= 0.6 is 23.5 Å². The summed E-state index contributed by atoms with van der Waals surface area (Å²) in [5, 5.41) is 20.7. The lowest BCUT2D eigenvalue weighted by Gasteiger charge is -2.21. The van der Waals surface area contributed by atoms with Gasteiger partial charge in [0.15, 0.2) is 0 Å². The van der Waals surface area contributed by atoms with E-state index in [2.05, 4.69) is 0 Å². The van der Waals surface area contributed by atoms with E-state index < -0.39 is 30.9 Å². The van der Waals surface area contributed by atoms with Gasteiger partial charge >= 0.3 is 23.9 Å². The molecular formula is C54H63NO12S2. The van der Waals surface area contributed by atoms with Gasteiger partial charge in [-0.2, -0.15) is 23.5 Å². The topological polar surface area (TPSA) is 183 Å². The predicted octanol–water partition coefficient (Wildman–Crippen LogP) is 6.44. The molecule has 15 heteroatoms. The van der Waals surface area contributed by atoms with Gasteiger partial charge in [0.1, 0.15) is 32.2 Å². The Balaban J connectivity index is 0.799. The lowest BCUT2D eigenvalue weighted by atomic mass is 10.0. The molecular weight excluding hydrogens is 919 g/mol. The smallest absolute Gasteiger partial charge is 0.310 e. The molecule has 4 aromatic rings. The van der Waals surface area contributed by atoms with Crippen LogP contribution in [-0.2, 0) is 86.2 Å². The van der Waals surface area contributed by atoms with Crippen molar-refractivity contribution in [2.75, 3.05) is 62.5 Å². The average molecular weight is 982 g/mol. The van der Waals surface area contributed by atoms with E-state index in [4.69, 9.17) is 18.9 Å². The standard InChI is InChI=1S/C54H63NO12S2/c56-48-4-1-3-47(48)22-27-68-29-25-64-50(58)33-43-14-6-39(7-15-43)31-41-10-18-45(19-11-41)35-52(60)66-37-54(62,63)38-67-53(61)36-46-20-12-42(13-21-46)32-40-8-16-44(17-9-40)34-51(59)65-26-30-69-28-24-55-23-2-5-49(55)57/h6-21,47,62-63H,1-5,22-38H2. The number of thioether (sulfide) groups is 2. The second kappa shape index (κ2) is 27.6. The molecule has 0 radical (unpaired) electrons. The Kier molecular flexibility index (Phi) is 21.2. The molecule has 1 atom stereocenters. The van der Waals surface area contributed by atoms with Crippen molar-refractivity contribution in [1.82, 2.24) is 4.90 Å². The summed E-state index contributed by atoms with van der Waals surface area (Å²) in [6.45, 7) is 0.703. The van der Waals surface area contributed by atoms with Crippen molar-refractivity contribution in [2.45, 2.75) is 82.8 Å². The van der Waals surface area contributed by atoms with Crippen LogP contribution in [0.15, 0.2) is 97.1 Å². The molecule has 69 heavy (non-hydrogen) atoms. The average Bonchev–Trinajstić information content (AvgIpc) is 3.95. The Morgan fingerprint density at radius 1 is 0.522 bits per heavy atom. The van der Waals surface area contributed by atoms with Gasteiger partial charge in [-0.1, -0.05) is 97.1 Å². The highest BCUT2D eigenvalue weighted by atomic mass is 32.2. The van der Waals surface area contributed by atoms with Crippen LogP contribution in [0.2, 0.25) is 0 Å². The van der Waals surface area contributed by atoms with Crippen molar-refractivity contribution in [2.24, 2.45) is 5.92 Å². The lowest BCUT2D eigenvalue weighted by Crippen LogP contribution is -2.41. The van der Waals surface area contributed by atoms with E-state index in [1.54, 1.807) is 47.8 Å². The molecule has 0 aromatic heterocycles. The maximum Gasteiger partial charge on any atom is 0.310 e. The van der Waals surface area contributed by atoms with Crippen LogP contribution in [0.1, 0.15) is 83.0 Å². The predicted molar refractivity (Wildman–Crippen MR) is 265 cm³/mol. The number of carbonyl (C=O) groups is 6. The third kappa shape index (κ3) is 19.4. The van der Waals surface area contributed by atoms with E-state index in [1.165, 1.54) is 0 Å². The fourth-order valence-electron chi connectivity index (χ4n) is 8.04. The molecule has 2 aliphatic rings. The number of ketones is 1. The van der Waals surface area contributed by atoms with Crippen molar-refractivity contribution >= 4 is 59.1 Å².